The Morgan fingerprint density at radius 1 is 1.11 bits per heavy atom. The Labute approximate surface area is 166 Å². The van der Waals surface area contributed by atoms with Crippen LogP contribution in [0.4, 0.5) is 0 Å². The lowest BCUT2D eigenvalue weighted by Crippen LogP contribution is -2.33. The molecule has 0 aromatic heterocycles. The van der Waals surface area contributed by atoms with Gasteiger partial charge in [0.15, 0.2) is 0 Å². The van der Waals surface area contributed by atoms with E-state index in [1.165, 1.54) is 18.4 Å². The van der Waals surface area contributed by atoms with E-state index in [1.54, 1.807) is 0 Å². The normalized spacial score (nSPS) is 31.4. The fourth-order valence-electron chi connectivity index (χ4n) is 4.31. The Balaban J connectivity index is 2.06. The molecule has 0 saturated carbocycles. The minimum absolute atomic E-state index is 0.110. The number of epoxide rings is 1. The van der Waals surface area contributed by atoms with Gasteiger partial charge in [-0.05, 0) is 64.2 Å². The number of Topliss-reactive ketones (excluding diaryl/α,β-unsaturated/α-hetero) is 2. The lowest BCUT2D eigenvalue weighted by atomic mass is 9.73. The summed E-state index contributed by atoms with van der Waals surface area (Å²) in [4.78, 5) is 25.6. The smallest absolute Gasteiger partial charge is 0.141 e. The van der Waals surface area contributed by atoms with Crippen molar-refractivity contribution in [3.05, 3.63) is 11.6 Å². The number of ether oxygens (including phenoxy) is 1. The number of carbonyl (C=O) groups is 2. The zero-order chi connectivity index (χ0) is 19.9. The molecule has 1 saturated heterocycles. The third-order valence-electron chi connectivity index (χ3n) is 6.41. The first-order chi connectivity index (χ1) is 12.8. The maximum absolute atomic E-state index is 13.3. The molecule has 1 fully saturated rings. The number of allylic oxidation sites excluding steroid dienone is 2. The van der Waals surface area contributed by atoms with E-state index in [9.17, 15) is 9.59 Å². The summed E-state index contributed by atoms with van der Waals surface area (Å²) in [6.45, 7) is 9.46. The van der Waals surface area contributed by atoms with Crippen molar-refractivity contribution in [2.45, 2.75) is 104 Å². The van der Waals surface area contributed by atoms with Crippen molar-refractivity contribution in [1.29, 1.82) is 0 Å². The fourth-order valence-corrected chi connectivity index (χ4v) is 4.31. The monoisotopic (exact) mass is 376 g/mol. The summed E-state index contributed by atoms with van der Waals surface area (Å²) < 4.78 is 5.37. The van der Waals surface area contributed by atoms with E-state index >= 15 is 0 Å². The first kappa shape index (κ1) is 22.3. The van der Waals surface area contributed by atoms with Gasteiger partial charge in [0.25, 0.3) is 0 Å². The zero-order valence-electron chi connectivity index (χ0n) is 18.0. The van der Waals surface area contributed by atoms with Crippen molar-refractivity contribution in [3.63, 3.8) is 0 Å². The molecule has 3 nitrogen and oxygen atoms in total. The van der Waals surface area contributed by atoms with Crippen molar-refractivity contribution in [2.24, 2.45) is 17.3 Å². The fraction of sp³-hybridized carbons (Fsp3) is 0.833. The Hall–Kier alpha value is -0.960. The predicted molar refractivity (Wildman–Crippen MR) is 111 cm³/mol. The number of carbonyl (C=O) groups excluding carboxylic acids is 2. The Morgan fingerprint density at radius 2 is 1.85 bits per heavy atom. The van der Waals surface area contributed by atoms with Gasteiger partial charge in [-0.15, -0.1) is 0 Å². The van der Waals surface area contributed by atoms with Gasteiger partial charge in [-0.25, -0.2) is 0 Å². The van der Waals surface area contributed by atoms with Gasteiger partial charge in [-0.2, -0.15) is 0 Å². The van der Waals surface area contributed by atoms with Crippen molar-refractivity contribution >= 4 is 11.6 Å². The second kappa shape index (κ2) is 10.5. The van der Waals surface area contributed by atoms with Crippen LogP contribution in [0.1, 0.15) is 98.3 Å². The van der Waals surface area contributed by atoms with Gasteiger partial charge in [-0.3, -0.25) is 9.59 Å². The molecule has 154 valence electrons. The summed E-state index contributed by atoms with van der Waals surface area (Å²) in [5.41, 5.74) is 1.04. The molecule has 2 rings (SSSR count). The van der Waals surface area contributed by atoms with Crippen LogP contribution in [0.3, 0.4) is 0 Å². The zero-order valence-corrected chi connectivity index (χ0v) is 18.0. The van der Waals surface area contributed by atoms with E-state index < -0.39 is 5.41 Å². The van der Waals surface area contributed by atoms with Crippen LogP contribution >= 0.6 is 0 Å². The second-order valence-electron chi connectivity index (χ2n) is 9.69. The molecule has 27 heavy (non-hydrogen) atoms. The summed E-state index contributed by atoms with van der Waals surface area (Å²) >= 11 is 0. The van der Waals surface area contributed by atoms with Crippen LogP contribution < -0.4 is 0 Å². The summed E-state index contributed by atoms with van der Waals surface area (Å²) in [5, 5.41) is 0. The van der Waals surface area contributed by atoms with Gasteiger partial charge in [-0.1, -0.05) is 38.8 Å². The van der Waals surface area contributed by atoms with Crippen LogP contribution in [0.15, 0.2) is 11.6 Å². The third kappa shape index (κ3) is 8.29. The van der Waals surface area contributed by atoms with Crippen LogP contribution in [0.2, 0.25) is 0 Å². The van der Waals surface area contributed by atoms with Gasteiger partial charge in [0, 0.05) is 24.2 Å². The number of rotatable bonds is 3. The van der Waals surface area contributed by atoms with Crippen molar-refractivity contribution in [1.82, 2.24) is 0 Å². The van der Waals surface area contributed by atoms with E-state index in [0.717, 1.165) is 45.1 Å². The lowest BCUT2D eigenvalue weighted by Gasteiger charge is -2.30. The molecule has 3 unspecified atom stereocenters. The SMILES string of the molecule is CC1=CCCCC(=O)CCC(C)(C)C(=O)C(CCC2CO2)CC(C)CCC1. The van der Waals surface area contributed by atoms with E-state index in [0.29, 0.717) is 42.9 Å². The molecule has 0 radical (unpaired) electrons. The number of hydrogen-bond acceptors (Lipinski definition) is 3. The van der Waals surface area contributed by atoms with Crippen molar-refractivity contribution < 1.29 is 14.3 Å². The molecule has 1 aliphatic heterocycles. The van der Waals surface area contributed by atoms with Crippen molar-refractivity contribution in [2.75, 3.05) is 6.61 Å². The molecule has 1 heterocycles. The molecule has 1 aliphatic carbocycles. The molecule has 0 aromatic carbocycles. The topological polar surface area (TPSA) is 46.7 Å². The number of ketones is 2. The Morgan fingerprint density at radius 3 is 2.56 bits per heavy atom. The van der Waals surface area contributed by atoms with E-state index in [4.69, 9.17) is 4.74 Å². The number of hydrogen-bond donors (Lipinski definition) is 0. The van der Waals surface area contributed by atoms with Gasteiger partial charge in [0.2, 0.25) is 0 Å². The Kier molecular flexibility index (Phi) is 8.72. The maximum Gasteiger partial charge on any atom is 0.141 e. The molecular formula is C24H40O3. The van der Waals surface area contributed by atoms with Gasteiger partial charge >= 0.3 is 0 Å². The van der Waals surface area contributed by atoms with E-state index in [-0.39, 0.29) is 5.92 Å². The summed E-state index contributed by atoms with van der Waals surface area (Å²) in [5.74, 6) is 1.35. The highest BCUT2D eigenvalue weighted by Crippen LogP contribution is 2.35. The van der Waals surface area contributed by atoms with Crippen LogP contribution in [0.25, 0.3) is 0 Å². The predicted octanol–water partition coefficient (Wildman–Crippen LogP) is 6.05. The Bertz CT molecular complexity index is 528. The summed E-state index contributed by atoms with van der Waals surface area (Å²) in [6, 6.07) is 0. The molecule has 0 amide bonds. The van der Waals surface area contributed by atoms with Crippen molar-refractivity contribution in [3.8, 4) is 0 Å². The van der Waals surface area contributed by atoms with Gasteiger partial charge < -0.3 is 4.74 Å². The minimum atomic E-state index is -0.405. The molecular weight excluding hydrogens is 336 g/mol. The lowest BCUT2D eigenvalue weighted by molar-refractivity contribution is -0.133. The third-order valence-corrected chi connectivity index (χ3v) is 6.41. The quantitative estimate of drug-likeness (QED) is 0.445. The molecule has 2 aliphatic rings. The second-order valence-corrected chi connectivity index (χ2v) is 9.69. The molecule has 0 aromatic rings. The molecule has 3 atom stereocenters. The molecule has 3 heteroatoms. The summed E-state index contributed by atoms with van der Waals surface area (Å²) in [6.07, 6.45) is 12.9. The highest BCUT2D eigenvalue weighted by Gasteiger charge is 2.35. The molecule has 0 N–H and O–H groups in total. The molecule has 0 spiro atoms. The molecule has 0 bridgehead atoms. The van der Waals surface area contributed by atoms with Crippen LogP contribution in [0, 0.1) is 17.3 Å². The first-order valence-corrected chi connectivity index (χ1v) is 11.1. The first-order valence-electron chi connectivity index (χ1n) is 11.1. The summed E-state index contributed by atoms with van der Waals surface area (Å²) in [7, 11) is 0. The van der Waals surface area contributed by atoms with Crippen LogP contribution in [-0.2, 0) is 14.3 Å². The van der Waals surface area contributed by atoms with Crippen LogP contribution in [-0.4, -0.2) is 24.3 Å². The standard InChI is InChI=1S/C24H40O3/c1-18-8-5-6-11-21(25)14-15-24(3,4)23(26)20(12-13-22-17-27-22)16-19(2)10-7-9-18/h8,19-20,22H,5-7,9-17H2,1-4H3. The van der Waals surface area contributed by atoms with Gasteiger partial charge in [0.05, 0.1) is 12.7 Å². The average Bonchev–Trinajstić information content (AvgIpc) is 3.43. The highest BCUT2D eigenvalue weighted by atomic mass is 16.6. The maximum atomic E-state index is 13.3. The average molecular weight is 377 g/mol. The van der Waals surface area contributed by atoms with Crippen LogP contribution in [0.5, 0.6) is 0 Å². The van der Waals surface area contributed by atoms with Gasteiger partial charge in [0.1, 0.15) is 11.6 Å². The van der Waals surface area contributed by atoms with E-state index in [2.05, 4.69) is 19.9 Å². The highest BCUT2D eigenvalue weighted by molar-refractivity contribution is 5.87. The minimum Gasteiger partial charge on any atom is -0.373 e. The largest absolute Gasteiger partial charge is 0.373 e. The van der Waals surface area contributed by atoms with E-state index in [1.807, 2.05) is 13.8 Å².